The van der Waals surface area contributed by atoms with Gasteiger partial charge < -0.3 is 10.5 Å². The summed E-state index contributed by atoms with van der Waals surface area (Å²) >= 11 is 0. The quantitative estimate of drug-likeness (QED) is 0.589. The van der Waals surface area contributed by atoms with E-state index in [0.717, 1.165) is 17.8 Å². The van der Waals surface area contributed by atoms with Gasteiger partial charge in [-0.2, -0.15) is 0 Å². The molecule has 2 saturated carbocycles. The first-order valence-electron chi connectivity index (χ1n) is 5.77. The van der Waals surface area contributed by atoms with Crippen LogP contribution in [0.1, 0.15) is 19.3 Å². The Balaban J connectivity index is 1.80. The Bertz CT molecular complexity index is 404. The van der Waals surface area contributed by atoms with E-state index in [1.807, 2.05) is 12.1 Å². The van der Waals surface area contributed by atoms with E-state index in [4.69, 9.17) is 5.21 Å². The van der Waals surface area contributed by atoms with Crippen LogP contribution in [0.25, 0.3) is 0 Å². The van der Waals surface area contributed by atoms with Crippen molar-refractivity contribution in [3.8, 4) is 0 Å². The average Bonchev–Trinajstić information content (AvgIpc) is 2.91. The van der Waals surface area contributed by atoms with Gasteiger partial charge in [-0.25, -0.2) is 0 Å². The van der Waals surface area contributed by atoms with E-state index in [-0.39, 0.29) is 6.04 Å². The molecule has 0 amide bonds. The standard InChI is InChI=1S/C12H15N3O/c16-15-12-9-4-3-8(6-9)11(12)14-10-2-1-5-13-7-10/h1-2,5,7-9,11,14,16H,3-4,6H2. The number of nitrogens with one attached hydrogen (secondary N) is 1. The van der Waals surface area contributed by atoms with E-state index in [1.165, 1.54) is 12.8 Å². The summed E-state index contributed by atoms with van der Waals surface area (Å²) in [5.41, 5.74) is 1.93. The lowest BCUT2D eigenvalue weighted by molar-refractivity contribution is 0.312. The zero-order valence-corrected chi connectivity index (χ0v) is 9.00. The molecule has 2 bridgehead atoms. The molecule has 0 aromatic carbocycles. The fourth-order valence-corrected chi connectivity index (χ4v) is 3.05. The fourth-order valence-electron chi connectivity index (χ4n) is 3.05. The maximum absolute atomic E-state index is 9.07. The largest absolute Gasteiger partial charge is 0.411 e. The molecule has 4 heteroatoms. The molecule has 0 spiro atoms. The van der Waals surface area contributed by atoms with Crippen molar-refractivity contribution in [2.45, 2.75) is 25.3 Å². The number of oxime groups is 1. The van der Waals surface area contributed by atoms with Crippen LogP contribution in [0, 0.1) is 11.8 Å². The molecule has 1 heterocycles. The molecular weight excluding hydrogens is 202 g/mol. The highest BCUT2D eigenvalue weighted by atomic mass is 16.4. The SMILES string of the molecule is ON=C1C2CCC(C2)C1Nc1cccnc1. The minimum Gasteiger partial charge on any atom is -0.411 e. The predicted molar refractivity (Wildman–Crippen MR) is 61.7 cm³/mol. The molecule has 3 atom stereocenters. The van der Waals surface area contributed by atoms with E-state index in [9.17, 15) is 0 Å². The molecule has 1 aromatic rings. The molecule has 0 aliphatic heterocycles. The van der Waals surface area contributed by atoms with E-state index >= 15 is 0 Å². The molecule has 3 unspecified atom stereocenters. The molecule has 4 nitrogen and oxygen atoms in total. The first kappa shape index (κ1) is 9.63. The number of hydrogen-bond acceptors (Lipinski definition) is 4. The highest BCUT2D eigenvalue weighted by Gasteiger charge is 2.45. The average molecular weight is 217 g/mol. The third-order valence-corrected chi connectivity index (χ3v) is 3.78. The minimum atomic E-state index is 0.202. The van der Waals surface area contributed by atoms with Gasteiger partial charge in [0.2, 0.25) is 0 Å². The first-order valence-corrected chi connectivity index (χ1v) is 5.77. The number of nitrogens with zero attached hydrogens (tertiary/aromatic N) is 2. The molecule has 0 radical (unpaired) electrons. The molecule has 3 rings (SSSR count). The zero-order valence-electron chi connectivity index (χ0n) is 9.00. The topological polar surface area (TPSA) is 57.5 Å². The van der Waals surface area contributed by atoms with Crippen LogP contribution in [-0.2, 0) is 0 Å². The number of aromatic nitrogens is 1. The van der Waals surface area contributed by atoms with Crippen LogP contribution in [0.2, 0.25) is 0 Å². The Morgan fingerprint density at radius 3 is 3.12 bits per heavy atom. The van der Waals surface area contributed by atoms with Crippen molar-refractivity contribution in [1.29, 1.82) is 0 Å². The highest BCUT2D eigenvalue weighted by molar-refractivity contribution is 5.96. The van der Waals surface area contributed by atoms with Crippen molar-refractivity contribution >= 4 is 11.4 Å². The second-order valence-corrected chi connectivity index (χ2v) is 4.66. The second-order valence-electron chi connectivity index (χ2n) is 4.66. The van der Waals surface area contributed by atoms with Crippen LogP contribution in [-0.4, -0.2) is 21.9 Å². The zero-order chi connectivity index (χ0) is 11.0. The van der Waals surface area contributed by atoms with E-state index < -0.39 is 0 Å². The van der Waals surface area contributed by atoms with Crippen molar-refractivity contribution in [3.05, 3.63) is 24.5 Å². The van der Waals surface area contributed by atoms with Crippen LogP contribution in [0.4, 0.5) is 5.69 Å². The monoisotopic (exact) mass is 217 g/mol. The maximum Gasteiger partial charge on any atom is 0.0826 e. The summed E-state index contributed by atoms with van der Waals surface area (Å²) in [5, 5.41) is 16.0. The third kappa shape index (κ3) is 1.45. The van der Waals surface area contributed by atoms with Gasteiger partial charge in [-0.05, 0) is 37.3 Å². The lowest BCUT2D eigenvalue weighted by atomic mass is 9.93. The Kier molecular flexibility index (Phi) is 2.27. The summed E-state index contributed by atoms with van der Waals surface area (Å²) < 4.78 is 0. The van der Waals surface area contributed by atoms with Crippen molar-refractivity contribution in [2.24, 2.45) is 17.0 Å². The van der Waals surface area contributed by atoms with Gasteiger partial charge in [-0.15, -0.1) is 0 Å². The summed E-state index contributed by atoms with van der Waals surface area (Å²) in [6, 6.07) is 4.10. The van der Waals surface area contributed by atoms with Gasteiger partial charge in [0.25, 0.3) is 0 Å². The van der Waals surface area contributed by atoms with Gasteiger partial charge in [0.15, 0.2) is 0 Å². The predicted octanol–water partition coefficient (Wildman–Crippen LogP) is 2.12. The smallest absolute Gasteiger partial charge is 0.0826 e. The summed E-state index contributed by atoms with van der Waals surface area (Å²) in [7, 11) is 0. The Hall–Kier alpha value is -1.58. The van der Waals surface area contributed by atoms with Crippen molar-refractivity contribution in [3.63, 3.8) is 0 Å². The lowest BCUT2D eigenvalue weighted by Crippen LogP contribution is -2.35. The maximum atomic E-state index is 9.07. The number of rotatable bonds is 2. The fraction of sp³-hybridized carbons (Fsp3) is 0.500. The van der Waals surface area contributed by atoms with Crippen LogP contribution >= 0.6 is 0 Å². The third-order valence-electron chi connectivity index (χ3n) is 3.78. The van der Waals surface area contributed by atoms with Gasteiger partial charge in [-0.1, -0.05) is 5.16 Å². The molecular formula is C12H15N3O. The molecule has 0 saturated heterocycles. The van der Waals surface area contributed by atoms with Crippen LogP contribution in [0.5, 0.6) is 0 Å². The number of fused-ring (bicyclic) bond motifs is 2. The second kappa shape index (κ2) is 3.77. The number of hydrogen-bond donors (Lipinski definition) is 2. The highest BCUT2D eigenvalue weighted by Crippen LogP contribution is 2.43. The van der Waals surface area contributed by atoms with Crippen LogP contribution < -0.4 is 5.32 Å². The molecule has 2 N–H and O–H groups in total. The summed E-state index contributed by atoms with van der Waals surface area (Å²) in [4.78, 5) is 4.07. The van der Waals surface area contributed by atoms with Crippen LogP contribution in [0.3, 0.4) is 0 Å². The van der Waals surface area contributed by atoms with Crippen LogP contribution in [0.15, 0.2) is 29.7 Å². The molecule has 84 valence electrons. The van der Waals surface area contributed by atoms with Gasteiger partial charge in [-0.3, -0.25) is 4.98 Å². The molecule has 16 heavy (non-hydrogen) atoms. The van der Waals surface area contributed by atoms with Gasteiger partial charge >= 0.3 is 0 Å². The van der Waals surface area contributed by atoms with Crippen molar-refractivity contribution in [1.82, 2.24) is 4.98 Å². The van der Waals surface area contributed by atoms with Crippen molar-refractivity contribution < 1.29 is 5.21 Å². The Labute approximate surface area is 94.4 Å². The number of anilines is 1. The number of pyridine rings is 1. The summed E-state index contributed by atoms with van der Waals surface area (Å²) in [6.07, 6.45) is 7.14. The van der Waals surface area contributed by atoms with Crippen molar-refractivity contribution in [2.75, 3.05) is 5.32 Å². The minimum absolute atomic E-state index is 0.202. The molecule has 2 aliphatic carbocycles. The van der Waals surface area contributed by atoms with E-state index in [2.05, 4.69) is 15.5 Å². The molecule has 2 fully saturated rings. The lowest BCUT2D eigenvalue weighted by Gasteiger charge is -2.24. The molecule has 2 aliphatic rings. The Morgan fingerprint density at radius 2 is 2.38 bits per heavy atom. The van der Waals surface area contributed by atoms with Gasteiger partial charge in [0.1, 0.15) is 0 Å². The Morgan fingerprint density at radius 1 is 1.44 bits per heavy atom. The van der Waals surface area contributed by atoms with E-state index in [0.29, 0.717) is 11.8 Å². The van der Waals surface area contributed by atoms with Gasteiger partial charge in [0.05, 0.1) is 17.4 Å². The van der Waals surface area contributed by atoms with Gasteiger partial charge in [0, 0.05) is 18.3 Å². The van der Waals surface area contributed by atoms with E-state index in [1.54, 1.807) is 12.4 Å². The normalized spacial score (nSPS) is 34.5. The first-order chi connectivity index (χ1) is 7.88. The summed E-state index contributed by atoms with van der Waals surface area (Å²) in [5.74, 6) is 1.11. The summed E-state index contributed by atoms with van der Waals surface area (Å²) in [6.45, 7) is 0. The molecule has 1 aromatic heterocycles.